The summed E-state index contributed by atoms with van der Waals surface area (Å²) in [6.07, 6.45) is 0. The van der Waals surface area contributed by atoms with E-state index in [1.165, 1.54) is 11.5 Å². The number of nitriles is 1. The normalized spacial score (nSPS) is 12.8. The van der Waals surface area contributed by atoms with Gasteiger partial charge in [-0.25, -0.2) is 0 Å². The van der Waals surface area contributed by atoms with Crippen molar-refractivity contribution < 1.29 is 0 Å². The highest BCUT2D eigenvalue weighted by molar-refractivity contribution is 8.93. The Balaban J connectivity index is 0.00000169. The van der Waals surface area contributed by atoms with Crippen LogP contribution in [0, 0.1) is 18.3 Å². The molecule has 2 aromatic heterocycles. The van der Waals surface area contributed by atoms with E-state index < -0.39 is 0 Å². The van der Waals surface area contributed by atoms with Crippen molar-refractivity contribution in [2.75, 3.05) is 5.75 Å². The van der Waals surface area contributed by atoms with Crippen LogP contribution in [0.5, 0.6) is 0 Å². The summed E-state index contributed by atoms with van der Waals surface area (Å²) < 4.78 is 5.69. The van der Waals surface area contributed by atoms with Gasteiger partial charge in [-0.2, -0.15) is 15.0 Å². The lowest BCUT2D eigenvalue weighted by molar-refractivity contribution is 0.763. The van der Waals surface area contributed by atoms with Gasteiger partial charge in [0.15, 0.2) is 5.82 Å². The second kappa shape index (κ2) is 6.80. The van der Waals surface area contributed by atoms with Gasteiger partial charge in [-0.15, -0.1) is 32.3 Å². The maximum atomic E-state index is 8.89. The van der Waals surface area contributed by atoms with Crippen molar-refractivity contribution in [3.8, 4) is 16.8 Å². The molecule has 1 aromatic carbocycles. The van der Waals surface area contributed by atoms with E-state index >= 15 is 0 Å². The second-order valence-corrected chi connectivity index (χ2v) is 6.53. The molecule has 7 nitrogen and oxygen atoms in total. The zero-order valence-corrected chi connectivity index (χ0v) is 15.7. The number of hydrogen-bond acceptors (Lipinski definition) is 8. The second-order valence-electron chi connectivity index (χ2n) is 4.83. The maximum absolute atomic E-state index is 8.89. The van der Waals surface area contributed by atoms with E-state index in [9.17, 15) is 0 Å². The molecule has 24 heavy (non-hydrogen) atoms. The lowest BCUT2D eigenvalue weighted by Crippen LogP contribution is -2.13. The van der Waals surface area contributed by atoms with Crippen LogP contribution in [0.3, 0.4) is 0 Å². The molecule has 1 aliphatic rings. The molecule has 0 radical (unpaired) electrons. The van der Waals surface area contributed by atoms with Crippen LogP contribution in [-0.2, 0) is 0 Å². The van der Waals surface area contributed by atoms with Gasteiger partial charge >= 0.3 is 0 Å². The summed E-state index contributed by atoms with van der Waals surface area (Å²) >= 11 is 2.87. The molecule has 0 aliphatic carbocycles. The number of rotatable bonds is 2. The van der Waals surface area contributed by atoms with Gasteiger partial charge in [-0.05, 0) is 36.2 Å². The molecule has 1 aliphatic heterocycles. The first-order chi connectivity index (χ1) is 11.3. The third kappa shape index (κ3) is 2.86. The summed E-state index contributed by atoms with van der Waals surface area (Å²) in [6, 6.07) is 9.53. The fourth-order valence-corrected chi connectivity index (χ4v) is 3.65. The number of halogens is 1. The predicted molar refractivity (Wildman–Crippen MR) is 97.8 cm³/mol. The van der Waals surface area contributed by atoms with Gasteiger partial charge in [0, 0.05) is 5.75 Å². The summed E-state index contributed by atoms with van der Waals surface area (Å²) in [6.45, 7) is 1.89. The molecule has 0 bridgehead atoms. The summed E-state index contributed by atoms with van der Waals surface area (Å²) in [4.78, 5) is 0.870. The first-order valence-electron chi connectivity index (χ1n) is 6.72. The quantitative estimate of drug-likeness (QED) is 0.633. The van der Waals surface area contributed by atoms with E-state index in [0.717, 1.165) is 27.0 Å². The van der Waals surface area contributed by atoms with E-state index in [2.05, 4.69) is 31.0 Å². The fraction of sp³-hybridized carbons (Fsp3) is 0.143. The number of benzene rings is 1. The summed E-state index contributed by atoms with van der Waals surface area (Å²) in [5.74, 6) is 1.37. The Morgan fingerprint density at radius 3 is 2.62 bits per heavy atom. The molecule has 120 valence electrons. The molecule has 0 amide bonds. The molecule has 0 N–H and O–H groups in total. The molecule has 0 saturated heterocycles. The van der Waals surface area contributed by atoms with Gasteiger partial charge in [0.25, 0.3) is 0 Å². The van der Waals surface area contributed by atoms with Crippen molar-refractivity contribution in [2.45, 2.75) is 12.1 Å². The third-order valence-electron chi connectivity index (χ3n) is 3.37. The van der Waals surface area contributed by atoms with Gasteiger partial charge in [-0.1, -0.05) is 28.4 Å². The third-order valence-corrected chi connectivity index (χ3v) is 5.13. The average Bonchev–Trinajstić information content (AvgIpc) is 3.20. The number of fused-ring (bicyclic) bond motifs is 1. The molecule has 0 atom stereocenters. The Morgan fingerprint density at radius 1 is 1.17 bits per heavy atom. The molecule has 0 spiro atoms. The van der Waals surface area contributed by atoms with E-state index in [0.29, 0.717) is 17.1 Å². The molecule has 4 rings (SSSR count). The lowest BCUT2D eigenvalue weighted by Gasteiger charge is -2.13. The van der Waals surface area contributed by atoms with Gasteiger partial charge < -0.3 is 0 Å². The van der Waals surface area contributed by atoms with Crippen LogP contribution >= 0.6 is 40.3 Å². The largest absolute Gasteiger partial charge is 0.212 e. The van der Waals surface area contributed by atoms with Crippen LogP contribution < -0.4 is 0 Å². The minimum absolute atomic E-state index is 0. The number of aromatic nitrogens is 5. The molecule has 0 unspecified atom stereocenters. The van der Waals surface area contributed by atoms with Crippen molar-refractivity contribution >= 4 is 46.0 Å². The topological polar surface area (TPSA) is 92.6 Å². The van der Waals surface area contributed by atoms with Gasteiger partial charge in [0.05, 0.1) is 23.0 Å². The van der Waals surface area contributed by atoms with Crippen LogP contribution in [0.25, 0.3) is 10.7 Å². The van der Waals surface area contributed by atoms with E-state index in [1.54, 1.807) is 28.6 Å². The van der Waals surface area contributed by atoms with Crippen molar-refractivity contribution in [2.24, 2.45) is 5.10 Å². The van der Waals surface area contributed by atoms with E-state index in [-0.39, 0.29) is 17.0 Å². The smallest absolute Gasteiger partial charge is 0.192 e. The minimum atomic E-state index is 0. The van der Waals surface area contributed by atoms with E-state index in [1.807, 2.05) is 19.1 Å². The molecule has 3 heterocycles. The average molecular weight is 420 g/mol. The number of hydrogen-bond donors (Lipinski definition) is 0. The van der Waals surface area contributed by atoms with Crippen molar-refractivity contribution in [3.05, 3.63) is 41.1 Å². The lowest BCUT2D eigenvalue weighted by atomic mass is 10.1. The number of nitrogens with zero attached hydrogens (tertiary/aromatic N) is 7. The minimum Gasteiger partial charge on any atom is -0.192 e. The van der Waals surface area contributed by atoms with Crippen LogP contribution in [0.1, 0.15) is 16.8 Å². The van der Waals surface area contributed by atoms with Crippen LogP contribution in [-0.4, -0.2) is 35.9 Å². The predicted octanol–water partition coefficient (Wildman–Crippen LogP) is 2.91. The zero-order chi connectivity index (χ0) is 15.8. The Morgan fingerprint density at radius 2 is 1.96 bits per heavy atom. The first-order valence-corrected chi connectivity index (χ1v) is 8.48. The molecule has 0 saturated carbocycles. The molecular formula is C14H10BrN7S2. The van der Waals surface area contributed by atoms with Gasteiger partial charge in [0.1, 0.15) is 4.88 Å². The maximum Gasteiger partial charge on any atom is 0.212 e. The zero-order valence-electron chi connectivity index (χ0n) is 12.4. The highest BCUT2D eigenvalue weighted by atomic mass is 79.9. The van der Waals surface area contributed by atoms with Crippen molar-refractivity contribution in [1.29, 1.82) is 5.26 Å². The molecule has 10 heteroatoms. The van der Waals surface area contributed by atoms with E-state index in [4.69, 9.17) is 5.26 Å². The Hall–Kier alpha value is -2.09. The van der Waals surface area contributed by atoms with Crippen molar-refractivity contribution in [3.63, 3.8) is 0 Å². The fourth-order valence-electron chi connectivity index (χ4n) is 2.18. The van der Waals surface area contributed by atoms with Crippen molar-refractivity contribution in [1.82, 2.24) is 24.5 Å². The summed E-state index contributed by atoms with van der Waals surface area (Å²) in [5.41, 5.74) is 3.36. The first kappa shape index (κ1) is 16.8. The number of thioether (sulfide) groups is 1. The molecule has 0 fully saturated rings. The monoisotopic (exact) mass is 419 g/mol. The summed E-state index contributed by atoms with van der Waals surface area (Å²) in [5, 5.41) is 26.8. The van der Waals surface area contributed by atoms with Gasteiger partial charge in [0.2, 0.25) is 5.16 Å². The Bertz CT molecular complexity index is 952. The SMILES string of the molecule is Br.Cc1nnsc1-c1nnc2n1N=C(c1ccc(C#N)cc1)CS2. The van der Waals surface area contributed by atoms with Crippen LogP contribution in [0.2, 0.25) is 0 Å². The van der Waals surface area contributed by atoms with Crippen LogP contribution in [0.15, 0.2) is 34.5 Å². The Kier molecular flexibility index (Phi) is 4.75. The molecular weight excluding hydrogens is 410 g/mol. The van der Waals surface area contributed by atoms with Gasteiger partial charge in [-0.3, -0.25) is 0 Å². The van der Waals surface area contributed by atoms with Crippen LogP contribution in [0.4, 0.5) is 0 Å². The standard InChI is InChI=1S/C14H9N7S2.BrH/c1-8-12(23-20-16-8)13-17-18-14-21(13)19-11(7-22-14)10-4-2-9(6-15)3-5-10;/h2-5H,7H2,1H3;1H. The highest BCUT2D eigenvalue weighted by Gasteiger charge is 2.23. The summed E-state index contributed by atoms with van der Waals surface area (Å²) in [7, 11) is 0. The number of aryl methyl sites for hydroxylation is 1. The Labute approximate surface area is 156 Å². The highest BCUT2D eigenvalue weighted by Crippen LogP contribution is 2.30. The molecule has 3 aromatic rings.